The van der Waals surface area contributed by atoms with Gasteiger partial charge in [-0.2, -0.15) is 0 Å². The minimum atomic E-state index is -0.495. The molecule has 0 saturated heterocycles. The van der Waals surface area contributed by atoms with E-state index in [0.717, 1.165) is 11.1 Å². The van der Waals surface area contributed by atoms with Gasteiger partial charge >= 0.3 is 0 Å². The van der Waals surface area contributed by atoms with Gasteiger partial charge in [-0.1, -0.05) is 0 Å². The predicted molar refractivity (Wildman–Crippen MR) is 66.6 cm³/mol. The Labute approximate surface area is 107 Å². The van der Waals surface area contributed by atoms with E-state index in [1.807, 2.05) is 11.5 Å². The van der Waals surface area contributed by atoms with Crippen LogP contribution in [0.1, 0.15) is 10.5 Å². The molecular formula is C11H9N7O. The van der Waals surface area contributed by atoms with E-state index in [2.05, 4.69) is 24.9 Å². The lowest BCUT2D eigenvalue weighted by Gasteiger charge is -2.02. The summed E-state index contributed by atoms with van der Waals surface area (Å²) in [6, 6.07) is 1.84. The number of nitrogens with zero attached hydrogens (tertiary/aromatic N) is 4. The maximum Gasteiger partial charge on any atom is 0.285 e. The highest BCUT2D eigenvalue weighted by molar-refractivity contribution is 5.92. The van der Waals surface area contributed by atoms with Gasteiger partial charge in [0.2, 0.25) is 0 Å². The maximum atomic E-state index is 11.4. The third-order valence-corrected chi connectivity index (χ3v) is 2.57. The van der Waals surface area contributed by atoms with E-state index in [1.165, 1.54) is 6.20 Å². The van der Waals surface area contributed by atoms with E-state index in [0.29, 0.717) is 11.3 Å². The first kappa shape index (κ1) is 11.2. The Morgan fingerprint density at radius 3 is 3.00 bits per heavy atom. The number of carbonyl (C=O) groups is 1. The van der Waals surface area contributed by atoms with E-state index < -0.39 is 5.91 Å². The predicted octanol–water partition coefficient (Wildman–Crippen LogP) is 0.0184. The minimum absolute atomic E-state index is 0.143. The molecule has 0 spiro atoms. The standard InChI is InChI=1S/C11H9N7O/c12-18-11(19)9-4-13-3-8(17-9)6-1-7-10(14-2-6)16-5-15-7/h1-5H,12H2,(H,18,19)(H,14,15,16). The molecule has 8 nitrogen and oxygen atoms in total. The zero-order valence-corrected chi connectivity index (χ0v) is 9.66. The number of nitrogen functional groups attached to an aromatic ring is 1. The number of H-pyrrole nitrogens is 1. The SMILES string of the molecule is NNC(=O)c1cncc(-c2cnc3nc[nH]c3c2)n1. The fourth-order valence-electron chi connectivity index (χ4n) is 1.66. The smallest absolute Gasteiger partial charge is 0.285 e. The summed E-state index contributed by atoms with van der Waals surface area (Å²) in [5, 5.41) is 0. The van der Waals surface area contributed by atoms with Gasteiger partial charge in [-0.3, -0.25) is 15.2 Å². The molecule has 4 N–H and O–H groups in total. The van der Waals surface area contributed by atoms with Crippen molar-refractivity contribution in [3.63, 3.8) is 0 Å². The van der Waals surface area contributed by atoms with E-state index in [9.17, 15) is 4.79 Å². The molecule has 3 aromatic heterocycles. The number of pyridine rings is 1. The van der Waals surface area contributed by atoms with Crippen LogP contribution in [0.3, 0.4) is 0 Å². The number of imidazole rings is 1. The summed E-state index contributed by atoms with van der Waals surface area (Å²) in [6.45, 7) is 0. The number of hydrogen-bond donors (Lipinski definition) is 3. The summed E-state index contributed by atoms with van der Waals surface area (Å²) in [6.07, 6.45) is 6.07. The zero-order chi connectivity index (χ0) is 13.2. The third-order valence-electron chi connectivity index (χ3n) is 2.57. The number of nitrogens with two attached hydrogens (primary N) is 1. The molecule has 94 valence electrons. The third kappa shape index (κ3) is 2.00. The highest BCUT2D eigenvalue weighted by atomic mass is 16.2. The monoisotopic (exact) mass is 255 g/mol. The Bertz CT molecular complexity index is 751. The van der Waals surface area contributed by atoms with Crippen LogP contribution in [-0.2, 0) is 0 Å². The first-order valence-electron chi connectivity index (χ1n) is 5.40. The van der Waals surface area contributed by atoms with Crippen molar-refractivity contribution in [3.05, 3.63) is 36.7 Å². The Morgan fingerprint density at radius 1 is 1.26 bits per heavy atom. The molecule has 0 saturated carbocycles. The molecule has 1 amide bonds. The van der Waals surface area contributed by atoms with Crippen molar-refractivity contribution in [1.82, 2.24) is 30.3 Å². The van der Waals surface area contributed by atoms with Crippen LogP contribution in [0.5, 0.6) is 0 Å². The molecule has 0 fully saturated rings. The van der Waals surface area contributed by atoms with Crippen LogP contribution in [0, 0.1) is 0 Å². The fourth-order valence-corrected chi connectivity index (χ4v) is 1.66. The van der Waals surface area contributed by atoms with Crippen molar-refractivity contribution >= 4 is 17.1 Å². The van der Waals surface area contributed by atoms with Gasteiger partial charge in [0.15, 0.2) is 5.65 Å². The van der Waals surface area contributed by atoms with Crippen LogP contribution in [0.4, 0.5) is 0 Å². The lowest BCUT2D eigenvalue weighted by Crippen LogP contribution is -2.30. The van der Waals surface area contributed by atoms with E-state index in [-0.39, 0.29) is 5.69 Å². The number of nitrogens with one attached hydrogen (secondary N) is 2. The fraction of sp³-hybridized carbons (Fsp3) is 0. The quantitative estimate of drug-likeness (QED) is 0.337. The van der Waals surface area contributed by atoms with Crippen molar-refractivity contribution < 1.29 is 4.79 Å². The number of rotatable bonds is 2. The minimum Gasteiger partial charge on any atom is -0.343 e. The first-order valence-corrected chi connectivity index (χ1v) is 5.40. The second kappa shape index (κ2) is 4.42. The molecule has 0 aromatic carbocycles. The molecular weight excluding hydrogens is 246 g/mol. The van der Waals surface area contributed by atoms with Crippen molar-refractivity contribution in [2.45, 2.75) is 0 Å². The Hall–Kier alpha value is -2.87. The highest BCUT2D eigenvalue weighted by Crippen LogP contribution is 2.18. The molecule has 0 atom stereocenters. The van der Waals surface area contributed by atoms with Crippen molar-refractivity contribution in [2.24, 2.45) is 5.84 Å². The van der Waals surface area contributed by atoms with Gasteiger partial charge in [0.1, 0.15) is 5.69 Å². The van der Waals surface area contributed by atoms with Crippen LogP contribution < -0.4 is 11.3 Å². The summed E-state index contributed by atoms with van der Waals surface area (Å²) in [7, 11) is 0. The Morgan fingerprint density at radius 2 is 2.16 bits per heavy atom. The molecule has 0 aliphatic rings. The van der Waals surface area contributed by atoms with Crippen molar-refractivity contribution in [3.8, 4) is 11.3 Å². The summed E-state index contributed by atoms with van der Waals surface area (Å²) < 4.78 is 0. The second-order valence-electron chi connectivity index (χ2n) is 3.76. The maximum absolute atomic E-state index is 11.4. The van der Waals surface area contributed by atoms with Crippen LogP contribution in [0.15, 0.2) is 31.0 Å². The zero-order valence-electron chi connectivity index (χ0n) is 9.66. The van der Waals surface area contributed by atoms with Crippen LogP contribution in [0.25, 0.3) is 22.4 Å². The van der Waals surface area contributed by atoms with Crippen LogP contribution in [-0.4, -0.2) is 30.8 Å². The molecule has 0 unspecified atom stereocenters. The van der Waals surface area contributed by atoms with Gasteiger partial charge in [-0.25, -0.2) is 20.8 Å². The van der Waals surface area contributed by atoms with E-state index in [1.54, 1.807) is 18.7 Å². The normalized spacial score (nSPS) is 10.6. The average Bonchev–Trinajstić information content (AvgIpc) is 2.94. The molecule has 19 heavy (non-hydrogen) atoms. The van der Waals surface area contributed by atoms with Gasteiger partial charge in [-0.05, 0) is 6.07 Å². The average molecular weight is 255 g/mol. The summed E-state index contributed by atoms with van der Waals surface area (Å²) in [5.41, 5.74) is 4.82. The van der Waals surface area contributed by atoms with Crippen molar-refractivity contribution in [2.75, 3.05) is 0 Å². The van der Waals surface area contributed by atoms with Gasteiger partial charge < -0.3 is 4.98 Å². The van der Waals surface area contributed by atoms with Crippen molar-refractivity contribution in [1.29, 1.82) is 0 Å². The molecule has 0 bridgehead atoms. The molecule has 8 heteroatoms. The van der Waals surface area contributed by atoms with E-state index >= 15 is 0 Å². The van der Waals surface area contributed by atoms with E-state index in [4.69, 9.17) is 5.84 Å². The molecule has 0 radical (unpaired) electrons. The number of fused-ring (bicyclic) bond motifs is 1. The Balaban J connectivity index is 2.07. The first-order chi connectivity index (χ1) is 9.28. The van der Waals surface area contributed by atoms with Gasteiger partial charge in [-0.15, -0.1) is 0 Å². The summed E-state index contributed by atoms with van der Waals surface area (Å²) >= 11 is 0. The summed E-state index contributed by atoms with van der Waals surface area (Å²) in [4.78, 5) is 30.7. The molecule has 0 aliphatic heterocycles. The second-order valence-corrected chi connectivity index (χ2v) is 3.76. The van der Waals surface area contributed by atoms with Gasteiger partial charge in [0.25, 0.3) is 5.91 Å². The molecule has 3 rings (SSSR count). The number of hydrogen-bond acceptors (Lipinski definition) is 6. The topological polar surface area (TPSA) is 122 Å². The lowest BCUT2D eigenvalue weighted by atomic mass is 10.2. The number of carbonyl (C=O) groups excluding carboxylic acids is 1. The Kier molecular flexibility index (Phi) is 2.62. The molecule has 0 aliphatic carbocycles. The number of aromatic nitrogens is 5. The molecule has 3 aromatic rings. The van der Waals surface area contributed by atoms with Gasteiger partial charge in [0.05, 0.1) is 29.9 Å². The van der Waals surface area contributed by atoms with Crippen LogP contribution in [0.2, 0.25) is 0 Å². The van der Waals surface area contributed by atoms with Gasteiger partial charge in [0, 0.05) is 11.8 Å². The number of amides is 1. The lowest BCUT2D eigenvalue weighted by molar-refractivity contribution is 0.0948. The highest BCUT2D eigenvalue weighted by Gasteiger charge is 2.09. The van der Waals surface area contributed by atoms with Crippen LogP contribution >= 0.6 is 0 Å². The molecule has 3 heterocycles. The summed E-state index contributed by atoms with van der Waals surface area (Å²) in [5.74, 6) is 4.56. The number of hydrazine groups is 1. The number of aromatic amines is 1. The largest absolute Gasteiger partial charge is 0.343 e.